The molecule has 3 aromatic rings. The van der Waals surface area contributed by atoms with Crippen LogP contribution in [0.2, 0.25) is 5.02 Å². The fraction of sp³-hybridized carbons (Fsp3) is 0.167. The number of rotatable bonds is 5. The molecule has 2 aromatic carbocycles. The number of halogens is 1. The van der Waals surface area contributed by atoms with Crippen molar-refractivity contribution in [3.63, 3.8) is 0 Å². The predicted octanol–water partition coefficient (Wildman–Crippen LogP) is 3.57. The Balaban J connectivity index is 1.43. The summed E-state index contributed by atoms with van der Waals surface area (Å²) < 4.78 is 34.4. The molecule has 0 aliphatic carbocycles. The summed E-state index contributed by atoms with van der Waals surface area (Å²) in [5, 5.41) is 0.627. The molecule has 1 saturated heterocycles. The zero-order valence-electron chi connectivity index (χ0n) is 13.7. The Morgan fingerprint density at radius 3 is 2.19 bits per heavy atom. The second kappa shape index (κ2) is 6.75. The zero-order chi connectivity index (χ0) is 18.1. The van der Waals surface area contributed by atoms with Gasteiger partial charge in [0.25, 0.3) is 0 Å². The quantitative estimate of drug-likeness (QED) is 0.669. The number of aromatic nitrogens is 2. The van der Waals surface area contributed by atoms with Crippen molar-refractivity contribution in [1.29, 1.82) is 0 Å². The lowest BCUT2D eigenvalue weighted by Crippen LogP contribution is -2.50. The summed E-state index contributed by atoms with van der Waals surface area (Å²) in [7, 11) is -3.49. The van der Waals surface area contributed by atoms with Crippen LogP contribution in [0.1, 0.15) is 6.04 Å². The number of imidazole rings is 1. The van der Waals surface area contributed by atoms with Gasteiger partial charge in [-0.05, 0) is 48.5 Å². The minimum Gasteiger partial charge on any atom is -0.457 e. The minimum absolute atomic E-state index is 0.139. The van der Waals surface area contributed by atoms with Gasteiger partial charge in [0.1, 0.15) is 11.5 Å². The van der Waals surface area contributed by atoms with E-state index in [0.29, 0.717) is 29.6 Å². The predicted molar refractivity (Wildman–Crippen MR) is 98.0 cm³/mol. The average Bonchev–Trinajstić information content (AvgIpc) is 3.10. The summed E-state index contributed by atoms with van der Waals surface area (Å²) in [4.78, 5) is 4.25. The number of sulfonamides is 1. The van der Waals surface area contributed by atoms with Crippen LogP contribution in [0, 0.1) is 0 Å². The number of hydrogen-bond acceptors (Lipinski definition) is 4. The molecule has 0 spiro atoms. The molecule has 2 heterocycles. The first-order chi connectivity index (χ1) is 12.5. The van der Waals surface area contributed by atoms with Gasteiger partial charge in [0.2, 0.25) is 10.0 Å². The average molecular weight is 390 g/mol. The maximum Gasteiger partial charge on any atom is 0.243 e. The van der Waals surface area contributed by atoms with Crippen molar-refractivity contribution in [2.24, 2.45) is 0 Å². The highest BCUT2D eigenvalue weighted by Gasteiger charge is 2.37. The molecule has 0 atom stereocenters. The van der Waals surface area contributed by atoms with Crippen molar-refractivity contribution in [2.45, 2.75) is 10.9 Å². The van der Waals surface area contributed by atoms with E-state index in [2.05, 4.69) is 4.98 Å². The number of benzene rings is 2. The van der Waals surface area contributed by atoms with E-state index in [1.54, 1.807) is 61.1 Å². The number of nitrogens with zero attached hydrogens (tertiary/aromatic N) is 3. The van der Waals surface area contributed by atoms with Crippen LogP contribution in [-0.4, -0.2) is 35.4 Å². The van der Waals surface area contributed by atoms with Gasteiger partial charge in [-0.1, -0.05) is 11.6 Å². The lowest BCUT2D eigenvalue weighted by atomic mass is 10.2. The second-order valence-corrected chi connectivity index (χ2v) is 8.39. The fourth-order valence-electron chi connectivity index (χ4n) is 2.75. The Labute approximate surface area is 156 Å². The molecule has 1 aromatic heterocycles. The van der Waals surface area contributed by atoms with Gasteiger partial charge in [0.15, 0.2) is 0 Å². The van der Waals surface area contributed by atoms with Crippen LogP contribution in [0.3, 0.4) is 0 Å². The normalized spacial score (nSPS) is 15.6. The van der Waals surface area contributed by atoms with Gasteiger partial charge in [0.05, 0.1) is 17.3 Å². The molecule has 0 saturated carbocycles. The third-order valence-electron chi connectivity index (χ3n) is 4.29. The van der Waals surface area contributed by atoms with E-state index in [1.165, 1.54) is 4.31 Å². The van der Waals surface area contributed by atoms with E-state index in [0.717, 1.165) is 0 Å². The molecular formula is C18H16ClN3O3S. The summed E-state index contributed by atoms with van der Waals surface area (Å²) in [6.07, 6.45) is 5.24. The molecule has 4 rings (SSSR count). The van der Waals surface area contributed by atoms with E-state index in [-0.39, 0.29) is 10.9 Å². The summed E-state index contributed by atoms with van der Waals surface area (Å²) in [6, 6.07) is 13.5. The molecule has 1 aliphatic heterocycles. The third kappa shape index (κ3) is 3.33. The van der Waals surface area contributed by atoms with Gasteiger partial charge in [-0.2, -0.15) is 4.31 Å². The van der Waals surface area contributed by atoms with Crippen LogP contribution < -0.4 is 4.74 Å². The molecule has 0 unspecified atom stereocenters. The zero-order valence-corrected chi connectivity index (χ0v) is 15.3. The van der Waals surface area contributed by atoms with Crippen molar-refractivity contribution >= 4 is 21.6 Å². The van der Waals surface area contributed by atoms with Gasteiger partial charge >= 0.3 is 0 Å². The molecule has 0 radical (unpaired) electrons. The highest BCUT2D eigenvalue weighted by molar-refractivity contribution is 7.89. The Bertz CT molecular complexity index is 981. The van der Waals surface area contributed by atoms with E-state index in [4.69, 9.17) is 16.3 Å². The lowest BCUT2D eigenvalue weighted by molar-refractivity contribution is 0.204. The van der Waals surface area contributed by atoms with Crippen LogP contribution >= 0.6 is 11.6 Å². The fourth-order valence-corrected chi connectivity index (χ4v) is 4.40. The van der Waals surface area contributed by atoms with Crippen molar-refractivity contribution in [2.75, 3.05) is 13.1 Å². The minimum atomic E-state index is -3.49. The molecule has 8 heteroatoms. The topological polar surface area (TPSA) is 64.4 Å². The van der Waals surface area contributed by atoms with Crippen LogP contribution in [0.25, 0.3) is 0 Å². The molecule has 0 amide bonds. The first kappa shape index (κ1) is 17.1. The van der Waals surface area contributed by atoms with Crippen molar-refractivity contribution in [3.05, 3.63) is 72.3 Å². The monoisotopic (exact) mass is 389 g/mol. The molecule has 134 valence electrons. The van der Waals surface area contributed by atoms with Gasteiger partial charge in [0, 0.05) is 30.5 Å². The number of ether oxygens (including phenoxy) is 1. The highest BCUT2D eigenvalue weighted by atomic mass is 35.5. The van der Waals surface area contributed by atoms with Crippen LogP contribution in [0.4, 0.5) is 0 Å². The molecular weight excluding hydrogens is 374 g/mol. The summed E-state index contributed by atoms with van der Waals surface area (Å²) in [5.74, 6) is 1.20. The Morgan fingerprint density at radius 2 is 1.62 bits per heavy atom. The highest BCUT2D eigenvalue weighted by Crippen LogP contribution is 2.30. The second-order valence-electron chi connectivity index (χ2n) is 6.01. The van der Waals surface area contributed by atoms with E-state index in [9.17, 15) is 8.42 Å². The van der Waals surface area contributed by atoms with E-state index >= 15 is 0 Å². The molecule has 6 nitrogen and oxygen atoms in total. The van der Waals surface area contributed by atoms with Gasteiger partial charge in [-0.25, -0.2) is 13.4 Å². The lowest BCUT2D eigenvalue weighted by Gasteiger charge is -2.38. The SMILES string of the molecule is O=S(=O)(c1ccc(Oc2ccc(Cl)cc2)cc1)N1CC(n2ccnc2)C1. The Kier molecular flexibility index (Phi) is 4.44. The van der Waals surface area contributed by atoms with Crippen LogP contribution in [-0.2, 0) is 10.0 Å². The number of hydrogen-bond donors (Lipinski definition) is 0. The summed E-state index contributed by atoms with van der Waals surface area (Å²) >= 11 is 5.85. The van der Waals surface area contributed by atoms with Gasteiger partial charge in [-0.15, -0.1) is 0 Å². The van der Waals surface area contributed by atoms with Crippen molar-refractivity contribution in [3.8, 4) is 11.5 Å². The summed E-state index contributed by atoms with van der Waals surface area (Å²) in [5.41, 5.74) is 0. The molecule has 26 heavy (non-hydrogen) atoms. The first-order valence-corrected chi connectivity index (χ1v) is 9.85. The largest absolute Gasteiger partial charge is 0.457 e. The molecule has 1 fully saturated rings. The molecule has 0 N–H and O–H groups in total. The molecule has 0 bridgehead atoms. The van der Waals surface area contributed by atoms with E-state index in [1.807, 2.05) is 10.8 Å². The maximum atomic E-state index is 12.7. The van der Waals surface area contributed by atoms with Crippen molar-refractivity contribution in [1.82, 2.24) is 13.9 Å². The smallest absolute Gasteiger partial charge is 0.243 e. The third-order valence-corrected chi connectivity index (χ3v) is 6.38. The first-order valence-electron chi connectivity index (χ1n) is 8.03. The standard InChI is InChI=1S/C18H16ClN3O3S/c19-14-1-3-16(4-2-14)25-17-5-7-18(8-6-17)26(23,24)22-11-15(12-22)21-10-9-20-13-21/h1-10,13,15H,11-12H2. The van der Waals surface area contributed by atoms with Gasteiger partial charge < -0.3 is 9.30 Å². The Morgan fingerprint density at radius 1 is 1.00 bits per heavy atom. The van der Waals surface area contributed by atoms with Crippen molar-refractivity contribution < 1.29 is 13.2 Å². The van der Waals surface area contributed by atoms with E-state index < -0.39 is 10.0 Å². The Hall–Kier alpha value is -2.35. The van der Waals surface area contributed by atoms with Gasteiger partial charge in [-0.3, -0.25) is 0 Å². The molecule has 1 aliphatic rings. The van der Waals surface area contributed by atoms with Crippen LogP contribution in [0.15, 0.2) is 72.1 Å². The maximum absolute atomic E-state index is 12.7. The summed E-state index contributed by atoms with van der Waals surface area (Å²) in [6.45, 7) is 0.892. The van der Waals surface area contributed by atoms with Crippen LogP contribution in [0.5, 0.6) is 11.5 Å².